The van der Waals surface area contributed by atoms with Crippen LogP contribution in [0.5, 0.6) is 0 Å². The molecule has 0 aromatic heterocycles. The lowest BCUT2D eigenvalue weighted by atomic mass is 10.1. The summed E-state index contributed by atoms with van der Waals surface area (Å²) in [4.78, 5) is 27.7. The molecule has 1 aromatic carbocycles. The standard InChI is InChI=1S/C29H49N3O2/c1-4-6-7-8-9-10-11-12-13-14-15-18-28(33)31-25-19-20-27(32-21-16-17-22-32)26(23-25)29(34)30-24(3)5-2/h19-20,23-24H,4-18,21-22H2,1-3H3,(H,30,34)(H,31,33). The Kier molecular flexibility index (Phi) is 13.7. The van der Waals surface area contributed by atoms with Gasteiger partial charge in [0.1, 0.15) is 0 Å². The van der Waals surface area contributed by atoms with E-state index >= 15 is 0 Å². The Balaban J connectivity index is 1.75. The lowest BCUT2D eigenvalue weighted by Crippen LogP contribution is -2.33. The van der Waals surface area contributed by atoms with Gasteiger partial charge in [-0.3, -0.25) is 9.59 Å². The van der Waals surface area contributed by atoms with E-state index in [-0.39, 0.29) is 17.9 Å². The molecule has 1 heterocycles. The van der Waals surface area contributed by atoms with Gasteiger partial charge in [-0.25, -0.2) is 0 Å². The Hall–Kier alpha value is -2.04. The topological polar surface area (TPSA) is 61.4 Å². The number of hydrogen-bond acceptors (Lipinski definition) is 3. The summed E-state index contributed by atoms with van der Waals surface area (Å²) in [5.41, 5.74) is 2.35. The van der Waals surface area contributed by atoms with E-state index in [1.54, 1.807) is 0 Å². The van der Waals surface area contributed by atoms with Crippen LogP contribution in [-0.4, -0.2) is 30.9 Å². The van der Waals surface area contributed by atoms with Gasteiger partial charge in [0.2, 0.25) is 5.91 Å². The number of hydrogen-bond donors (Lipinski definition) is 2. The number of anilines is 2. The average molecular weight is 472 g/mol. The van der Waals surface area contributed by atoms with E-state index in [1.165, 1.54) is 57.8 Å². The van der Waals surface area contributed by atoms with Crippen LogP contribution in [0.4, 0.5) is 11.4 Å². The third kappa shape index (κ3) is 10.5. The van der Waals surface area contributed by atoms with Crippen molar-refractivity contribution in [3.05, 3.63) is 23.8 Å². The van der Waals surface area contributed by atoms with Crippen LogP contribution in [0.25, 0.3) is 0 Å². The van der Waals surface area contributed by atoms with Gasteiger partial charge < -0.3 is 15.5 Å². The molecule has 2 N–H and O–H groups in total. The second kappa shape index (κ2) is 16.6. The number of amides is 2. The molecule has 1 saturated heterocycles. The van der Waals surface area contributed by atoms with Crippen molar-refractivity contribution in [2.24, 2.45) is 0 Å². The van der Waals surface area contributed by atoms with Crippen LogP contribution >= 0.6 is 0 Å². The SMILES string of the molecule is CCCCCCCCCCCCCC(=O)Nc1ccc(N2CCCC2)c(C(=O)NC(C)CC)c1. The summed E-state index contributed by atoms with van der Waals surface area (Å²) in [6.07, 6.45) is 17.8. The zero-order chi connectivity index (χ0) is 24.6. The van der Waals surface area contributed by atoms with E-state index in [2.05, 4.69) is 29.4 Å². The Bertz CT molecular complexity index is 728. The largest absolute Gasteiger partial charge is 0.371 e. The monoisotopic (exact) mass is 471 g/mol. The first-order valence-corrected chi connectivity index (χ1v) is 14.0. The second-order valence-corrected chi connectivity index (χ2v) is 10.0. The Morgan fingerprint density at radius 3 is 2.06 bits per heavy atom. The van der Waals surface area contributed by atoms with Gasteiger partial charge in [0, 0.05) is 36.9 Å². The van der Waals surface area contributed by atoms with Gasteiger partial charge in [0.15, 0.2) is 0 Å². The fourth-order valence-electron chi connectivity index (χ4n) is 4.61. The van der Waals surface area contributed by atoms with Crippen LogP contribution < -0.4 is 15.5 Å². The first-order chi connectivity index (χ1) is 16.5. The smallest absolute Gasteiger partial charge is 0.253 e. The summed E-state index contributed by atoms with van der Waals surface area (Å²) in [5.74, 6) is -0.0177. The summed E-state index contributed by atoms with van der Waals surface area (Å²) in [5, 5.41) is 6.11. The minimum atomic E-state index is -0.0577. The van der Waals surface area contributed by atoms with Gasteiger partial charge in [-0.05, 0) is 50.8 Å². The fraction of sp³-hybridized carbons (Fsp3) is 0.724. The first-order valence-electron chi connectivity index (χ1n) is 14.0. The summed E-state index contributed by atoms with van der Waals surface area (Å²) in [6.45, 7) is 8.31. The maximum Gasteiger partial charge on any atom is 0.253 e. The van der Waals surface area contributed by atoms with Gasteiger partial charge in [0.05, 0.1) is 5.56 Å². The van der Waals surface area contributed by atoms with Crippen LogP contribution in [0.2, 0.25) is 0 Å². The Morgan fingerprint density at radius 1 is 0.882 bits per heavy atom. The molecule has 1 aromatic rings. The lowest BCUT2D eigenvalue weighted by Gasteiger charge is -2.23. The number of nitrogens with zero attached hydrogens (tertiary/aromatic N) is 1. The zero-order valence-corrected chi connectivity index (χ0v) is 22.1. The maximum atomic E-state index is 13.0. The van der Waals surface area contributed by atoms with Crippen molar-refractivity contribution in [2.75, 3.05) is 23.3 Å². The summed E-state index contributed by atoms with van der Waals surface area (Å²) < 4.78 is 0. The number of carbonyl (C=O) groups excluding carboxylic acids is 2. The quantitative estimate of drug-likeness (QED) is 0.232. The van der Waals surface area contributed by atoms with E-state index in [0.717, 1.165) is 50.9 Å². The van der Waals surface area contributed by atoms with E-state index in [9.17, 15) is 9.59 Å². The molecule has 1 fully saturated rings. The summed E-state index contributed by atoms with van der Waals surface area (Å²) in [7, 11) is 0. The summed E-state index contributed by atoms with van der Waals surface area (Å²) in [6, 6.07) is 5.91. The molecule has 0 bridgehead atoms. The normalized spacial score (nSPS) is 14.3. The third-order valence-corrected chi connectivity index (χ3v) is 6.97. The molecule has 0 saturated carbocycles. The average Bonchev–Trinajstić information content (AvgIpc) is 3.37. The van der Waals surface area contributed by atoms with Crippen molar-refractivity contribution in [1.29, 1.82) is 0 Å². The van der Waals surface area contributed by atoms with Crippen LogP contribution in [0, 0.1) is 0 Å². The van der Waals surface area contributed by atoms with Crippen LogP contribution in [0.15, 0.2) is 18.2 Å². The van der Waals surface area contributed by atoms with Crippen LogP contribution in [0.1, 0.15) is 127 Å². The van der Waals surface area contributed by atoms with Crippen molar-refractivity contribution < 1.29 is 9.59 Å². The minimum Gasteiger partial charge on any atom is -0.371 e. The van der Waals surface area contributed by atoms with Crippen molar-refractivity contribution in [1.82, 2.24) is 5.32 Å². The molecular weight excluding hydrogens is 422 g/mol. The lowest BCUT2D eigenvalue weighted by molar-refractivity contribution is -0.116. The number of unbranched alkanes of at least 4 members (excludes halogenated alkanes) is 10. The molecule has 5 heteroatoms. The number of carbonyl (C=O) groups is 2. The maximum absolute atomic E-state index is 13.0. The van der Waals surface area contributed by atoms with Crippen molar-refractivity contribution in [2.45, 2.75) is 123 Å². The van der Waals surface area contributed by atoms with Crippen LogP contribution in [0.3, 0.4) is 0 Å². The Labute approximate surface area is 208 Å². The molecule has 1 aliphatic heterocycles. The van der Waals surface area contributed by atoms with E-state index < -0.39 is 0 Å². The molecule has 192 valence electrons. The molecule has 0 aliphatic carbocycles. The van der Waals surface area contributed by atoms with Gasteiger partial charge in [-0.1, -0.05) is 78.1 Å². The zero-order valence-electron chi connectivity index (χ0n) is 22.1. The molecule has 2 amide bonds. The molecule has 5 nitrogen and oxygen atoms in total. The van der Waals surface area contributed by atoms with Crippen molar-refractivity contribution >= 4 is 23.2 Å². The molecule has 1 aliphatic rings. The molecule has 0 spiro atoms. The minimum absolute atomic E-state index is 0.0399. The van der Waals surface area contributed by atoms with Crippen molar-refractivity contribution in [3.63, 3.8) is 0 Å². The highest BCUT2D eigenvalue weighted by Gasteiger charge is 2.21. The molecule has 34 heavy (non-hydrogen) atoms. The van der Waals surface area contributed by atoms with E-state index in [0.29, 0.717) is 17.7 Å². The molecular formula is C29H49N3O2. The highest BCUT2D eigenvalue weighted by Crippen LogP contribution is 2.28. The number of rotatable bonds is 17. The number of benzene rings is 1. The highest BCUT2D eigenvalue weighted by atomic mass is 16.2. The summed E-state index contributed by atoms with van der Waals surface area (Å²) >= 11 is 0. The van der Waals surface area contributed by atoms with E-state index in [1.807, 2.05) is 25.1 Å². The van der Waals surface area contributed by atoms with Gasteiger partial charge in [-0.15, -0.1) is 0 Å². The van der Waals surface area contributed by atoms with Gasteiger partial charge in [-0.2, -0.15) is 0 Å². The predicted molar refractivity (Wildman–Crippen MR) is 145 cm³/mol. The highest BCUT2D eigenvalue weighted by molar-refractivity contribution is 6.02. The van der Waals surface area contributed by atoms with Gasteiger partial charge >= 0.3 is 0 Å². The third-order valence-electron chi connectivity index (χ3n) is 6.97. The first kappa shape index (κ1) is 28.2. The van der Waals surface area contributed by atoms with E-state index in [4.69, 9.17) is 0 Å². The predicted octanol–water partition coefficient (Wildman–Crippen LogP) is 7.45. The number of nitrogens with one attached hydrogen (secondary N) is 2. The Morgan fingerprint density at radius 2 is 1.47 bits per heavy atom. The molecule has 0 radical (unpaired) electrons. The van der Waals surface area contributed by atoms with Gasteiger partial charge in [0.25, 0.3) is 5.91 Å². The van der Waals surface area contributed by atoms with Crippen LogP contribution in [-0.2, 0) is 4.79 Å². The molecule has 2 rings (SSSR count). The fourth-order valence-corrected chi connectivity index (χ4v) is 4.61. The molecule has 1 unspecified atom stereocenters. The van der Waals surface area contributed by atoms with Crippen molar-refractivity contribution in [3.8, 4) is 0 Å². The second-order valence-electron chi connectivity index (χ2n) is 10.0. The molecule has 1 atom stereocenters.